The minimum absolute atomic E-state index is 0.294. The van der Waals surface area contributed by atoms with E-state index in [-0.39, 0.29) is 0 Å². The van der Waals surface area contributed by atoms with Crippen LogP contribution in [0.3, 0.4) is 0 Å². The van der Waals surface area contributed by atoms with E-state index in [2.05, 4.69) is 22.9 Å². The second-order valence-electron chi connectivity index (χ2n) is 4.56. The number of rotatable bonds is 4. The Morgan fingerprint density at radius 2 is 2.00 bits per heavy atom. The van der Waals surface area contributed by atoms with Gasteiger partial charge in [0.15, 0.2) is 0 Å². The van der Waals surface area contributed by atoms with Crippen molar-refractivity contribution < 1.29 is 9.50 Å². The molecule has 2 aromatic rings. The van der Waals surface area contributed by atoms with Crippen molar-refractivity contribution in [2.45, 2.75) is 25.9 Å². The van der Waals surface area contributed by atoms with Crippen molar-refractivity contribution in [3.05, 3.63) is 69.4 Å². The third kappa shape index (κ3) is 3.43. The lowest BCUT2D eigenvalue weighted by molar-refractivity contribution is 0.215. The van der Waals surface area contributed by atoms with Gasteiger partial charge in [-0.15, -0.1) is 0 Å². The summed E-state index contributed by atoms with van der Waals surface area (Å²) in [6.45, 7) is 2.11. The van der Waals surface area contributed by atoms with E-state index >= 15 is 0 Å². The van der Waals surface area contributed by atoms with E-state index in [0.717, 1.165) is 28.4 Å². The summed E-state index contributed by atoms with van der Waals surface area (Å²) in [5.41, 5.74) is 2.18. The fraction of sp³-hybridized carbons (Fsp3) is 0.250. The second kappa shape index (κ2) is 6.31. The average molecular weight is 323 g/mol. The third-order valence-corrected chi connectivity index (χ3v) is 3.55. The predicted octanol–water partition coefficient (Wildman–Crippen LogP) is 4.62. The van der Waals surface area contributed by atoms with Gasteiger partial charge < -0.3 is 5.11 Å². The van der Waals surface area contributed by atoms with Gasteiger partial charge in [-0.3, -0.25) is 0 Å². The minimum atomic E-state index is -0.936. The van der Waals surface area contributed by atoms with Crippen molar-refractivity contribution in [3.63, 3.8) is 0 Å². The Hall–Kier alpha value is -1.19. The van der Waals surface area contributed by atoms with Gasteiger partial charge in [0.25, 0.3) is 0 Å². The first kappa shape index (κ1) is 14.2. The largest absolute Gasteiger partial charge is 0.384 e. The molecule has 0 radical (unpaired) electrons. The summed E-state index contributed by atoms with van der Waals surface area (Å²) in [5, 5.41) is 10.3. The fourth-order valence-corrected chi connectivity index (χ4v) is 2.49. The molecule has 0 aromatic heterocycles. The van der Waals surface area contributed by atoms with Crippen LogP contribution >= 0.6 is 15.9 Å². The van der Waals surface area contributed by atoms with Crippen molar-refractivity contribution >= 4 is 15.9 Å². The SMILES string of the molecule is CCCc1cccc(C(O)c2cc(Br)ccc2F)c1. The summed E-state index contributed by atoms with van der Waals surface area (Å²) in [4.78, 5) is 0. The summed E-state index contributed by atoms with van der Waals surface area (Å²) in [7, 11) is 0. The Labute approximate surface area is 121 Å². The van der Waals surface area contributed by atoms with Crippen LogP contribution in [0.4, 0.5) is 4.39 Å². The number of aryl methyl sites for hydroxylation is 1. The molecule has 2 aromatic carbocycles. The molecule has 1 unspecified atom stereocenters. The van der Waals surface area contributed by atoms with Crippen LogP contribution in [0.2, 0.25) is 0 Å². The molecule has 1 nitrogen and oxygen atoms in total. The van der Waals surface area contributed by atoms with E-state index in [1.807, 2.05) is 24.3 Å². The van der Waals surface area contributed by atoms with Gasteiger partial charge in [0.05, 0.1) is 0 Å². The summed E-state index contributed by atoms with van der Waals surface area (Å²) in [6, 6.07) is 12.3. The highest BCUT2D eigenvalue weighted by atomic mass is 79.9. The predicted molar refractivity (Wildman–Crippen MR) is 78.6 cm³/mol. The summed E-state index contributed by atoms with van der Waals surface area (Å²) in [5.74, 6) is -0.392. The standard InChI is InChI=1S/C16H16BrFO/c1-2-4-11-5-3-6-12(9-11)16(19)14-10-13(17)7-8-15(14)18/h3,5-10,16,19H,2,4H2,1H3. The topological polar surface area (TPSA) is 20.2 Å². The Kier molecular flexibility index (Phi) is 4.72. The molecule has 3 heteroatoms. The number of hydrogen-bond acceptors (Lipinski definition) is 1. The van der Waals surface area contributed by atoms with E-state index in [1.165, 1.54) is 6.07 Å². The van der Waals surface area contributed by atoms with Gasteiger partial charge in [0.1, 0.15) is 11.9 Å². The fourth-order valence-electron chi connectivity index (χ4n) is 2.11. The second-order valence-corrected chi connectivity index (χ2v) is 5.48. The van der Waals surface area contributed by atoms with Crippen LogP contribution < -0.4 is 0 Å². The lowest BCUT2D eigenvalue weighted by Gasteiger charge is -2.14. The molecule has 2 rings (SSSR count). The van der Waals surface area contributed by atoms with Gasteiger partial charge in [-0.25, -0.2) is 4.39 Å². The molecular formula is C16H16BrFO. The van der Waals surface area contributed by atoms with Crippen LogP contribution in [-0.2, 0) is 6.42 Å². The molecule has 0 aliphatic rings. The van der Waals surface area contributed by atoms with E-state index < -0.39 is 11.9 Å². The zero-order valence-corrected chi connectivity index (χ0v) is 12.3. The number of benzene rings is 2. The van der Waals surface area contributed by atoms with Crippen molar-refractivity contribution in [2.24, 2.45) is 0 Å². The molecule has 19 heavy (non-hydrogen) atoms. The third-order valence-electron chi connectivity index (χ3n) is 3.06. The zero-order valence-electron chi connectivity index (χ0n) is 10.7. The maximum atomic E-state index is 13.8. The minimum Gasteiger partial charge on any atom is -0.384 e. The first-order chi connectivity index (χ1) is 9.11. The molecule has 0 amide bonds. The van der Waals surface area contributed by atoms with E-state index in [1.54, 1.807) is 12.1 Å². The number of halogens is 2. The molecule has 0 spiro atoms. The van der Waals surface area contributed by atoms with Gasteiger partial charge in [0.2, 0.25) is 0 Å². The van der Waals surface area contributed by atoms with Crippen LogP contribution in [0.5, 0.6) is 0 Å². The Bertz CT molecular complexity index is 568. The molecule has 1 N–H and O–H groups in total. The monoisotopic (exact) mass is 322 g/mol. The Balaban J connectivity index is 2.35. The number of aliphatic hydroxyl groups is 1. The van der Waals surface area contributed by atoms with E-state index in [9.17, 15) is 9.50 Å². The van der Waals surface area contributed by atoms with Crippen LogP contribution in [0.15, 0.2) is 46.9 Å². The first-order valence-corrected chi connectivity index (χ1v) is 7.13. The van der Waals surface area contributed by atoms with Crippen LogP contribution in [0, 0.1) is 5.82 Å². The summed E-state index contributed by atoms with van der Waals surface area (Å²) >= 11 is 3.30. The van der Waals surface area contributed by atoms with E-state index in [0.29, 0.717) is 5.56 Å². The van der Waals surface area contributed by atoms with Crippen LogP contribution in [-0.4, -0.2) is 5.11 Å². The van der Waals surface area contributed by atoms with E-state index in [4.69, 9.17) is 0 Å². The maximum absolute atomic E-state index is 13.8. The van der Waals surface area contributed by atoms with Gasteiger partial charge in [0, 0.05) is 10.0 Å². The first-order valence-electron chi connectivity index (χ1n) is 6.33. The number of aliphatic hydroxyl groups excluding tert-OH is 1. The van der Waals surface area contributed by atoms with Crippen molar-refractivity contribution in [2.75, 3.05) is 0 Å². The molecular weight excluding hydrogens is 307 g/mol. The Morgan fingerprint density at radius 1 is 1.21 bits per heavy atom. The summed E-state index contributed by atoms with van der Waals surface area (Å²) < 4.78 is 14.5. The van der Waals surface area contributed by atoms with Crippen molar-refractivity contribution in [1.82, 2.24) is 0 Å². The van der Waals surface area contributed by atoms with Gasteiger partial charge in [-0.05, 0) is 35.7 Å². The van der Waals surface area contributed by atoms with Crippen molar-refractivity contribution in [3.8, 4) is 0 Å². The highest BCUT2D eigenvalue weighted by Crippen LogP contribution is 2.27. The lowest BCUT2D eigenvalue weighted by Crippen LogP contribution is -2.03. The highest BCUT2D eigenvalue weighted by Gasteiger charge is 2.15. The molecule has 0 saturated carbocycles. The molecule has 0 heterocycles. The normalized spacial score (nSPS) is 12.4. The quantitative estimate of drug-likeness (QED) is 0.870. The molecule has 100 valence electrons. The molecule has 0 aliphatic carbocycles. The van der Waals surface area contributed by atoms with Gasteiger partial charge in [-0.2, -0.15) is 0 Å². The van der Waals surface area contributed by atoms with Crippen LogP contribution in [0.25, 0.3) is 0 Å². The molecule has 0 bridgehead atoms. The van der Waals surface area contributed by atoms with Gasteiger partial charge in [-0.1, -0.05) is 53.5 Å². The lowest BCUT2D eigenvalue weighted by atomic mass is 9.98. The summed E-state index contributed by atoms with van der Waals surface area (Å²) in [6.07, 6.45) is 1.07. The zero-order chi connectivity index (χ0) is 13.8. The van der Waals surface area contributed by atoms with Gasteiger partial charge >= 0.3 is 0 Å². The van der Waals surface area contributed by atoms with Crippen LogP contribution in [0.1, 0.15) is 36.1 Å². The Morgan fingerprint density at radius 3 is 2.74 bits per heavy atom. The molecule has 1 atom stereocenters. The smallest absolute Gasteiger partial charge is 0.129 e. The number of hydrogen-bond donors (Lipinski definition) is 1. The molecule has 0 fully saturated rings. The molecule has 0 aliphatic heterocycles. The maximum Gasteiger partial charge on any atom is 0.129 e. The highest BCUT2D eigenvalue weighted by molar-refractivity contribution is 9.10. The van der Waals surface area contributed by atoms with Crippen molar-refractivity contribution in [1.29, 1.82) is 0 Å². The molecule has 0 saturated heterocycles. The average Bonchev–Trinajstić information content (AvgIpc) is 2.41.